The third kappa shape index (κ3) is 2.60. The van der Waals surface area contributed by atoms with E-state index in [0.29, 0.717) is 11.7 Å². The second-order valence-corrected chi connectivity index (χ2v) is 6.25. The molecule has 0 unspecified atom stereocenters. The van der Waals surface area contributed by atoms with E-state index >= 15 is 0 Å². The van der Waals surface area contributed by atoms with Crippen molar-refractivity contribution >= 4 is 11.8 Å². The Balaban J connectivity index is 1.85. The van der Waals surface area contributed by atoms with E-state index in [1.165, 1.54) is 11.3 Å². The standard InChI is InChI=1S/C15H19N3OS/c1-20-12-7-5-11(6-8-12)13-17-14(18-19-13)15(16)9-3-2-4-10-15/h5-8H,2-4,9-10,16H2,1H3. The summed E-state index contributed by atoms with van der Waals surface area (Å²) < 4.78 is 5.39. The lowest BCUT2D eigenvalue weighted by atomic mass is 9.82. The normalized spacial score (nSPS) is 18.1. The van der Waals surface area contributed by atoms with Crippen molar-refractivity contribution in [3.05, 3.63) is 30.1 Å². The highest BCUT2D eigenvalue weighted by molar-refractivity contribution is 7.98. The van der Waals surface area contributed by atoms with Crippen molar-refractivity contribution in [3.63, 3.8) is 0 Å². The van der Waals surface area contributed by atoms with Gasteiger partial charge in [0.2, 0.25) is 0 Å². The molecule has 0 amide bonds. The van der Waals surface area contributed by atoms with E-state index in [2.05, 4.69) is 28.5 Å². The van der Waals surface area contributed by atoms with Gasteiger partial charge in [-0.1, -0.05) is 24.4 Å². The summed E-state index contributed by atoms with van der Waals surface area (Å²) in [5.41, 5.74) is 6.97. The molecule has 3 rings (SSSR count). The van der Waals surface area contributed by atoms with Crippen LogP contribution in [0.15, 0.2) is 33.7 Å². The average molecular weight is 289 g/mol. The van der Waals surface area contributed by atoms with Gasteiger partial charge in [0, 0.05) is 10.5 Å². The minimum Gasteiger partial charge on any atom is -0.334 e. The topological polar surface area (TPSA) is 64.9 Å². The molecule has 0 atom stereocenters. The molecule has 0 radical (unpaired) electrons. The van der Waals surface area contributed by atoms with Crippen molar-refractivity contribution < 1.29 is 4.52 Å². The molecule has 106 valence electrons. The second kappa shape index (κ2) is 5.58. The predicted molar refractivity (Wildman–Crippen MR) is 80.5 cm³/mol. The molecule has 1 aromatic heterocycles. The van der Waals surface area contributed by atoms with Gasteiger partial charge in [0.1, 0.15) is 0 Å². The lowest BCUT2D eigenvalue weighted by molar-refractivity contribution is 0.275. The molecule has 1 aliphatic carbocycles. The van der Waals surface area contributed by atoms with Gasteiger partial charge in [-0.25, -0.2) is 0 Å². The molecular formula is C15H19N3OS. The molecule has 20 heavy (non-hydrogen) atoms. The van der Waals surface area contributed by atoms with Crippen LogP contribution in [0.1, 0.15) is 37.9 Å². The van der Waals surface area contributed by atoms with Gasteiger partial charge in [-0.3, -0.25) is 0 Å². The lowest BCUT2D eigenvalue weighted by Crippen LogP contribution is -2.39. The molecule has 1 aromatic carbocycles. The number of hydrogen-bond acceptors (Lipinski definition) is 5. The van der Waals surface area contributed by atoms with E-state index in [0.717, 1.165) is 31.2 Å². The van der Waals surface area contributed by atoms with Crippen molar-refractivity contribution in [2.24, 2.45) is 5.73 Å². The number of benzene rings is 1. The summed E-state index contributed by atoms with van der Waals surface area (Å²) in [5.74, 6) is 1.21. The Labute approximate surface area is 123 Å². The Bertz CT molecular complexity index is 573. The first-order valence-corrected chi connectivity index (χ1v) is 8.21. The quantitative estimate of drug-likeness (QED) is 0.875. The Morgan fingerprint density at radius 2 is 1.85 bits per heavy atom. The van der Waals surface area contributed by atoms with Gasteiger partial charge >= 0.3 is 0 Å². The summed E-state index contributed by atoms with van der Waals surface area (Å²) in [6.07, 6.45) is 7.47. The average Bonchev–Trinajstić information content (AvgIpc) is 2.99. The third-order valence-corrected chi connectivity index (χ3v) is 4.70. The van der Waals surface area contributed by atoms with Crippen LogP contribution in [-0.4, -0.2) is 16.4 Å². The van der Waals surface area contributed by atoms with E-state index in [-0.39, 0.29) is 0 Å². The first-order valence-electron chi connectivity index (χ1n) is 6.99. The number of nitrogens with zero attached hydrogens (tertiary/aromatic N) is 2. The predicted octanol–water partition coefficient (Wildman–Crippen LogP) is 3.58. The van der Waals surface area contributed by atoms with Crippen molar-refractivity contribution in [1.82, 2.24) is 10.1 Å². The SMILES string of the molecule is CSc1ccc(-c2nc(C3(N)CCCCC3)no2)cc1. The van der Waals surface area contributed by atoms with Crippen LogP contribution >= 0.6 is 11.8 Å². The molecule has 0 spiro atoms. The van der Waals surface area contributed by atoms with Gasteiger partial charge in [0.15, 0.2) is 5.82 Å². The van der Waals surface area contributed by atoms with Crippen molar-refractivity contribution in [3.8, 4) is 11.5 Å². The van der Waals surface area contributed by atoms with Gasteiger partial charge in [-0.05, 0) is 43.4 Å². The summed E-state index contributed by atoms with van der Waals surface area (Å²) in [5, 5.41) is 4.11. The fourth-order valence-electron chi connectivity index (χ4n) is 2.68. The van der Waals surface area contributed by atoms with Crippen LogP contribution in [0, 0.1) is 0 Å². The first kappa shape index (κ1) is 13.6. The van der Waals surface area contributed by atoms with Gasteiger partial charge in [-0.2, -0.15) is 4.98 Å². The minimum atomic E-state index is -0.404. The van der Waals surface area contributed by atoms with Gasteiger partial charge in [0.25, 0.3) is 5.89 Å². The Kier molecular flexibility index (Phi) is 3.81. The summed E-state index contributed by atoms with van der Waals surface area (Å²) in [4.78, 5) is 5.74. The first-order chi connectivity index (χ1) is 9.71. The van der Waals surface area contributed by atoms with Crippen LogP contribution in [0.25, 0.3) is 11.5 Å². The molecular weight excluding hydrogens is 270 g/mol. The molecule has 1 aliphatic rings. The molecule has 1 heterocycles. The van der Waals surface area contributed by atoms with Crippen molar-refractivity contribution in [2.45, 2.75) is 42.5 Å². The number of aromatic nitrogens is 2. The van der Waals surface area contributed by atoms with E-state index < -0.39 is 5.54 Å². The van der Waals surface area contributed by atoms with E-state index in [4.69, 9.17) is 10.3 Å². The van der Waals surface area contributed by atoms with Crippen molar-refractivity contribution in [2.75, 3.05) is 6.26 Å². The van der Waals surface area contributed by atoms with Gasteiger partial charge in [0.05, 0.1) is 5.54 Å². The Morgan fingerprint density at radius 1 is 1.15 bits per heavy atom. The van der Waals surface area contributed by atoms with Crippen LogP contribution in [-0.2, 0) is 5.54 Å². The number of nitrogens with two attached hydrogens (primary N) is 1. The van der Waals surface area contributed by atoms with Crippen LogP contribution in [0.4, 0.5) is 0 Å². The van der Waals surface area contributed by atoms with Crippen LogP contribution in [0.5, 0.6) is 0 Å². The zero-order valence-electron chi connectivity index (χ0n) is 11.6. The highest BCUT2D eigenvalue weighted by Crippen LogP contribution is 2.34. The largest absolute Gasteiger partial charge is 0.334 e. The molecule has 0 saturated heterocycles. The van der Waals surface area contributed by atoms with E-state index in [1.54, 1.807) is 11.8 Å². The Morgan fingerprint density at radius 3 is 2.50 bits per heavy atom. The summed E-state index contributed by atoms with van der Waals surface area (Å²) >= 11 is 1.71. The maximum atomic E-state index is 6.43. The highest BCUT2D eigenvalue weighted by atomic mass is 32.2. The van der Waals surface area contributed by atoms with E-state index in [9.17, 15) is 0 Å². The number of hydrogen-bond donors (Lipinski definition) is 1. The van der Waals surface area contributed by atoms with Crippen LogP contribution in [0.2, 0.25) is 0 Å². The fraction of sp³-hybridized carbons (Fsp3) is 0.467. The molecule has 2 N–H and O–H groups in total. The van der Waals surface area contributed by atoms with Crippen LogP contribution < -0.4 is 5.73 Å². The van der Waals surface area contributed by atoms with Gasteiger partial charge < -0.3 is 10.3 Å². The summed E-state index contributed by atoms with van der Waals surface area (Å²) in [6, 6.07) is 8.13. The van der Waals surface area contributed by atoms with Crippen molar-refractivity contribution in [1.29, 1.82) is 0 Å². The summed E-state index contributed by atoms with van der Waals surface area (Å²) in [6.45, 7) is 0. The number of rotatable bonds is 3. The molecule has 5 heteroatoms. The maximum Gasteiger partial charge on any atom is 0.257 e. The smallest absolute Gasteiger partial charge is 0.257 e. The lowest BCUT2D eigenvalue weighted by Gasteiger charge is -2.29. The highest BCUT2D eigenvalue weighted by Gasteiger charge is 2.34. The van der Waals surface area contributed by atoms with Crippen LogP contribution in [0.3, 0.4) is 0 Å². The molecule has 4 nitrogen and oxygen atoms in total. The molecule has 0 bridgehead atoms. The van der Waals surface area contributed by atoms with E-state index in [1.807, 2.05) is 12.1 Å². The molecule has 1 fully saturated rings. The number of thioether (sulfide) groups is 1. The maximum absolute atomic E-state index is 6.43. The fourth-order valence-corrected chi connectivity index (χ4v) is 3.09. The zero-order valence-corrected chi connectivity index (χ0v) is 12.4. The van der Waals surface area contributed by atoms with Gasteiger partial charge in [-0.15, -0.1) is 11.8 Å². The molecule has 0 aliphatic heterocycles. The zero-order chi connectivity index (χ0) is 14.0. The Hall–Kier alpha value is -1.33. The minimum absolute atomic E-state index is 0.404. The molecule has 1 saturated carbocycles. The monoisotopic (exact) mass is 289 g/mol. The second-order valence-electron chi connectivity index (χ2n) is 5.37. The third-order valence-electron chi connectivity index (χ3n) is 3.95. The summed E-state index contributed by atoms with van der Waals surface area (Å²) in [7, 11) is 0. The molecule has 2 aromatic rings.